The van der Waals surface area contributed by atoms with Crippen molar-refractivity contribution in [1.82, 2.24) is 9.88 Å². The van der Waals surface area contributed by atoms with Gasteiger partial charge in [0.05, 0.1) is 19.2 Å². The van der Waals surface area contributed by atoms with E-state index in [0.29, 0.717) is 23.9 Å². The first-order chi connectivity index (χ1) is 18.3. The molecule has 3 aromatic rings. The summed E-state index contributed by atoms with van der Waals surface area (Å²) in [5.41, 5.74) is 5.54. The van der Waals surface area contributed by atoms with E-state index in [1.807, 2.05) is 24.3 Å². The Bertz CT molecular complexity index is 1330. The Kier molecular flexibility index (Phi) is 7.65. The zero-order valence-electron chi connectivity index (χ0n) is 22.2. The molecular formula is C31H35FN2O4. The van der Waals surface area contributed by atoms with Crippen molar-refractivity contribution < 1.29 is 23.8 Å². The third-order valence-corrected chi connectivity index (χ3v) is 7.93. The van der Waals surface area contributed by atoms with Crippen molar-refractivity contribution in [2.75, 3.05) is 13.7 Å². The number of hydrogen-bond acceptors (Lipinski definition) is 5. The highest BCUT2D eigenvalue weighted by atomic mass is 19.1. The van der Waals surface area contributed by atoms with Crippen molar-refractivity contribution in [2.45, 2.75) is 64.6 Å². The van der Waals surface area contributed by atoms with E-state index in [1.54, 1.807) is 13.0 Å². The standard InChI is InChI=1S/C31H35FN2O4/c1-19(31(35)36)13-21-6-7-22-9-11-28(38-29(22)14-21)23-8-10-25(26-16-30(37-3)33-17-27(26)32)24(15-23)18-34-12-4-5-20(34)2/h6-8,10,14-17,19-20,28H,4-5,9,11-13,18H2,1-3H3,(H,35,36). The molecule has 2 aliphatic heterocycles. The van der Waals surface area contributed by atoms with Crippen molar-refractivity contribution in [3.8, 4) is 22.8 Å². The second-order valence-corrected chi connectivity index (χ2v) is 10.6. The molecule has 200 valence electrons. The Morgan fingerprint density at radius 1 is 1.21 bits per heavy atom. The summed E-state index contributed by atoms with van der Waals surface area (Å²) >= 11 is 0. The highest BCUT2D eigenvalue weighted by molar-refractivity contribution is 5.70. The molecule has 1 saturated heterocycles. The third-order valence-electron chi connectivity index (χ3n) is 7.93. The quantitative estimate of drug-likeness (QED) is 0.382. The van der Waals surface area contributed by atoms with Crippen molar-refractivity contribution in [1.29, 1.82) is 0 Å². The van der Waals surface area contributed by atoms with Gasteiger partial charge in [-0.25, -0.2) is 9.37 Å². The van der Waals surface area contributed by atoms with E-state index in [0.717, 1.165) is 65.9 Å². The minimum absolute atomic E-state index is 0.129. The summed E-state index contributed by atoms with van der Waals surface area (Å²) < 4.78 is 26.7. The molecule has 0 radical (unpaired) electrons. The van der Waals surface area contributed by atoms with Crippen LogP contribution < -0.4 is 9.47 Å². The number of ether oxygens (including phenoxy) is 2. The molecule has 2 aromatic carbocycles. The van der Waals surface area contributed by atoms with Gasteiger partial charge in [-0.3, -0.25) is 9.69 Å². The second-order valence-electron chi connectivity index (χ2n) is 10.6. The van der Waals surface area contributed by atoms with Gasteiger partial charge in [0.25, 0.3) is 0 Å². The van der Waals surface area contributed by atoms with Crippen LogP contribution in [0.15, 0.2) is 48.7 Å². The molecule has 2 aliphatic rings. The maximum absolute atomic E-state index is 15.0. The average Bonchev–Trinajstić information content (AvgIpc) is 3.32. The van der Waals surface area contributed by atoms with Crippen LogP contribution in [0.2, 0.25) is 0 Å². The number of halogens is 1. The molecule has 3 heterocycles. The van der Waals surface area contributed by atoms with E-state index in [4.69, 9.17) is 9.47 Å². The topological polar surface area (TPSA) is 71.9 Å². The molecule has 7 heteroatoms. The summed E-state index contributed by atoms with van der Waals surface area (Å²) in [4.78, 5) is 17.8. The largest absolute Gasteiger partial charge is 0.485 e. The van der Waals surface area contributed by atoms with E-state index in [2.05, 4.69) is 28.9 Å². The minimum Gasteiger partial charge on any atom is -0.485 e. The lowest BCUT2D eigenvalue weighted by Crippen LogP contribution is -2.26. The highest BCUT2D eigenvalue weighted by Crippen LogP contribution is 2.38. The molecule has 1 aromatic heterocycles. The van der Waals surface area contributed by atoms with Crippen molar-refractivity contribution in [3.05, 3.63) is 76.7 Å². The molecule has 0 saturated carbocycles. The van der Waals surface area contributed by atoms with Gasteiger partial charge < -0.3 is 14.6 Å². The van der Waals surface area contributed by atoms with Crippen LogP contribution in [0.5, 0.6) is 11.6 Å². The number of carboxylic acid groups (broad SMARTS) is 1. The summed E-state index contributed by atoms with van der Waals surface area (Å²) in [6, 6.07) is 14.4. The van der Waals surface area contributed by atoms with Gasteiger partial charge in [-0.15, -0.1) is 0 Å². The number of methoxy groups -OCH3 is 1. The zero-order valence-corrected chi connectivity index (χ0v) is 22.2. The fraction of sp³-hybridized carbons (Fsp3) is 0.419. The Hall–Kier alpha value is -3.45. The van der Waals surface area contributed by atoms with Gasteiger partial charge in [-0.1, -0.05) is 37.3 Å². The molecule has 38 heavy (non-hydrogen) atoms. The number of aliphatic carboxylic acids is 1. The lowest BCUT2D eigenvalue weighted by Gasteiger charge is -2.29. The maximum Gasteiger partial charge on any atom is 0.306 e. The van der Waals surface area contributed by atoms with E-state index in [9.17, 15) is 14.3 Å². The molecule has 5 rings (SSSR count). The molecule has 1 N–H and O–H groups in total. The van der Waals surface area contributed by atoms with Crippen molar-refractivity contribution in [2.24, 2.45) is 5.92 Å². The Morgan fingerprint density at radius 2 is 2.05 bits per heavy atom. The van der Waals surface area contributed by atoms with Crippen LogP contribution >= 0.6 is 0 Å². The van der Waals surface area contributed by atoms with E-state index in [-0.39, 0.29) is 11.9 Å². The number of nitrogens with zero attached hydrogens (tertiary/aromatic N) is 2. The van der Waals surface area contributed by atoms with Crippen LogP contribution in [0.1, 0.15) is 61.5 Å². The summed E-state index contributed by atoms with van der Waals surface area (Å²) in [6.45, 7) is 5.72. The fourth-order valence-corrected chi connectivity index (χ4v) is 5.61. The van der Waals surface area contributed by atoms with Crippen LogP contribution in [-0.4, -0.2) is 40.7 Å². The normalized spacial score (nSPS) is 20.0. The van der Waals surface area contributed by atoms with Gasteiger partial charge in [0.15, 0.2) is 0 Å². The lowest BCUT2D eigenvalue weighted by molar-refractivity contribution is -0.141. The predicted molar refractivity (Wildman–Crippen MR) is 144 cm³/mol. The number of fused-ring (bicyclic) bond motifs is 1. The average molecular weight is 519 g/mol. The number of likely N-dealkylation sites (tertiary alicyclic amines) is 1. The highest BCUT2D eigenvalue weighted by Gasteiger charge is 2.26. The van der Waals surface area contributed by atoms with Gasteiger partial charge in [-0.05, 0) is 79.5 Å². The number of pyridine rings is 1. The maximum atomic E-state index is 15.0. The van der Waals surface area contributed by atoms with Crippen LogP contribution in [-0.2, 0) is 24.2 Å². The van der Waals surface area contributed by atoms with Crippen molar-refractivity contribution in [3.63, 3.8) is 0 Å². The zero-order chi connectivity index (χ0) is 26.8. The molecule has 0 amide bonds. The summed E-state index contributed by atoms with van der Waals surface area (Å²) in [5.74, 6) is -0.432. The lowest BCUT2D eigenvalue weighted by atomic mass is 9.91. The van der Waals surface area contributed by atoms with Crippen LogP contribution in [0.3, 0.4) is 0 Å². The van der Waals surface area contributed by atoms with Crippen LogP contribution in [0.25, 0.3) is 11.1 Å². The Morgan fingerprint density at radius 3 is 2.79 bits per heavy atom. The number of aryl methyl sites for hydroxylation is 1. The molecule has 0 bridgehead atoms. The number of carbonyl (C=O) groups is 1. The smallest absolute Gasteiger partial charge is 0.306 e. The van der Waals surface area contributed by atoms with Gasteiger partial charge in [0.2, 0.25) is 5.88 Å². The van der Waals surface area contributed by atoms with Gasteiger partial charge in [0.1, 0.15) is 17.7 Å². The van der Waals surface area contributed by atoms with Gasteiger partial charge >= 0.3 is 5.97 Å². The molecule has 6 nitrogen and oxygen atoms in total. The van der Waals surface area contributed by atoms with E-state index in [1.165, 1.54) is 19.7 Å². The third kappa shape index (κ3) is 5.53. The Balaban J connectivity index is 1.46. The summed E-state index contributed by atoms with van der Waals surface area (Å²) in [7, 11) is 1.53. The minimum atomic E-state index is -0.801. The monoisotopic (exact) mass is 518 g/mol. The predicted octanol–water partition coefficient (Wildman–Crippen LogP) is 6.21. The first kappa shape index (κ1) is 26.2. The SMILES string of the molecule is COc1cc(-c2ccc(C3CCc4ccc(CC(C)C(=O)O)cc4O3)cc2CN2CCCC2C)c(F)cn1. The van der Waals surface area contributed by atoms with E-state index >= 15 is 0 Å². The number of aromatic nitrogens is 1. The number of carboxylic acids is 1. The second kappa shape index (κ2) is 11.1. The van der Waals surface area contributed by atoms with Gasteiger partial charge in [-0.2, -0.15) is 0 Å². The number of hydrogen-bond donors (Lipinski definition) is 1. The Labute approximate surface area is 223 Å². The molecule has 1 fully saturated rings. The summed E-state index contributed by atoms with van der Waals surface area (Å²) in [6.07, 6.45) is 5.60. The molecule has 3 atom stereocenters. The van der Waals surface area contributed by atoms with Crippen LogP contribution in [0, 0.1) is 11.7 Å². The molecular weight excluding hydrogens is 483 g/mol. The molecule has 3 unspecified atom stereocenters. The first-order valence-corrected chi connectivity index (χ1v) is 13.4. The molecule has 0 aliphatic carbocycles. The molecule has 0 spiro atoms. The fourth-order valence-electron chi connectivity index (χ4n) is 5.61. The first-order valence-electron chi connectivity index (χ1n) is 13.4. The van der Waals surface area contributed by atoms with Crippen LogP contribution in [0.4, 0.5) is 4.39 Å². The van der Waals surface area contributed by atoms with Gasteiger partial charge in [0, 0.05) is 24.2 Å². The number of rotatable bonds is 8. The number of benzene rings is 2. The van der Waals surface area contributed by atoms with Crippen molar-refractivity contribution >= 4 is 5.97 Å². The summed E-state index contributed by atoms with van der Waals surface area (Å²) in [5, 5.41) is 9.30. The van der Waals surface area contributed by atoms with E-state index < -0.39 is 11.9 Å².